The van der Waals surface area contributed by atoms with E-state index in [-0.39, 0.29) is 19.8 Å². The molecule has 1 aliphatic rings. The second kappa shape index (κ2) is 13.1. The second-order valence-electron chi connectivity index (χ2n) is 10.9. The van der Waals surface area contributed by atoms with Crippen LogP contribution >= 0.6 is 11.3 Å². The molecule has 0 unspecified atom stereocenters. The van der Waals surface area contributed by atoms with Crippen molar-refractivity contribution in [3.8, 4) is 11.8 Å². The van der Waals surface area contributed by atoms with Crippen molar-refractivity contribution in [3.05, 3.63) is 109 Å². The van der Waals surface area contributed by atoms with Crippen molar-refractivity contribution < 1.29 is 26.4 Å². The number of aromatic nitrogens is 1. The van der Waals surface area contributed by atoms with Crippen LogP contribution < -0.4 is 20.1 Å². The molecule has 1 aromatic heterocycles. The predicted molar refractivity (Wildman–Crippen MR) is 170 cm³/mol. The number of amides is 1. The van der Waals surface area contributed by atoms with Gasteiger partial charge in [-0.1, -0.05) is 30.7 Å². The number of nitrogens with zero attached hydrogens (tertiary/aromatic N) is 3. The number of nitrogens with one attached hydrogen (secondary N) is 1. The maximum atomic E-state index is 13.8. The molecule has 46 heavy (non-hydrogen) atoms. The summed E-state index contributed by atoms with van der Waals surface area (Å²) in [6.45, 7) is 4.55. The standard InChI is InChI=1S/C33H29F3N4O4S2/c1-21-9-14-26(17-22(21)2)40-31(42)29(18-23-10-12-24(13-11-23)33(34,35)36)45-32(40)28(20-37)30(41)38-25-7-6-8-27(19-25)46(43,44)39-15-4-3-5-16-39/h6-14,17-19H,3-5,15-16H2,1-2H3,(H,38,41)/b29-18+,32-28-. The molecule has 1 aliphatic heterocycles. The average molecular weight is 667 g/mol. The van der Waals surface area contributed by atoms with Gasteiger partial charge < -0.3 is 5.32 Å². The van der Waals surface area contributed by atoms with Crippen LogP contribution in [0, 0.1) is 25.2 Å². The van der Waals surface area contributed by atoms with Crippen molar-refractivity contribution in [1.82, 2.24) is 8.87 Å². The molecule has 4 aromatic rings. The second-order valence-corrected chi connectivity index (χ2v) is 13.8. The molecular formula is C33H29F3N4O4S2. The number of piperidine rings is 1. The molecule has 2 heterocycles. The molecule has 5 rings (SSSR count). The fourth-order valence-corrected chi connectivity index (χ4v) is 7.71. The SMILES string of the molecule is Cc1ccc(-n2c(=O)/c(=C\c3ccc(C(F)(F)F)cc3)s/c2=C(/C#N)C(=O)Nc2cccc(S(=O)(=O)N3CCCCC3)c2)cc1C. The van der Waals surface area contributed by atoms with Gasteiger partial charge in [-0.05, 0) is 91.9 Å². The van der Waals surface area contributed by atoms with Crippen LogP contribution in [0.1, 0.15) is 41.5 Å². The van der Waals surface area contributed by atoms with Gasteiger partial charge in [0, 0.05) is 18.8 Å². The van der Waals surface area contributed by atoms with Gasteiger partial charge in [-0.2, -0.15) is 22.7 Å². The number of carbonyl (C=O) groups is 1. The van der Waals surface area contributed by atoms with Crippen LogP contribution in [0.4, 0.5) is 18.9 Å². The number of benzene rings is 3. The minimum absolute atomic E-state index is 0.00213. The summed E-state index contributed by atoms with van der Waals surface area (Å²) in [4.78, 5) is 27.3. The highest BCUT2D eigenvalue weighted by molar-refractivity contribution is 7.89. The first-order valence-electron chi connectivity index (χ1n) is 14.3. The van der Waals surface area contributed by atoms with Gasteiger partial charge in [0.2, 0.25) is 10.0 Å². The van der Waals surface area contributed by atoms with Crippen LogP contribution in [-0.2, 0) is 21.0 Å². The highest BCUT2D eigenvalue weighted by Gasteiger charge is 2.30. The molecule has 0 radical (unpaired) electrons. The fourth-order valence-electron chi connectivity index (χ4n) is 5.05. The van der Waals surface area contributed by atoms with Gasteiger partial charge in [0.15, 0.2) is 5.57 Å². The Hall–Kier alpha value is -4.51. The number of hydrogen-bond acceptors (Lipinski definition) is 6. The number of aryl methyl sites for hydroxylation is 2. The van der Waals surface area contributed by atoms with Crippen LogP contribution in [0.25, 0.3) is 17.3 Å². The van der Waals surface area contributed by atoms with E-state index in [1.54, 1.807) is 18.2 Å². The zero-order valence-corrected chi connectivity index (χ0v) is 26.5. The first-order valence-corrected chi connectivity index (χ1v) is 16.6. The lowest BCUT2D eigenvalue weighted by Gasteiger charge is -2.26. The first-order chi connectivity index (χ1) is 21.8. The van der Waals surface area contributed by atoms with Crippen LogP contribution in [-0.4, -0.2) is 36.3 Å². The lowest BCUT2D eigenvalue weighted by molar-refractivity contribution is -0.137. The van der Waals surface area contributed by atoms with Gasteiger partial charge in [-0.15, -0.1) is 11.3 Å². The van der Waals surface area contributed by atoms with Gasteiger partial charge in [0.25, 0.3) is 11.5 Å². The number of anilines is 1. The first kappa shape index (κ1) is 32.9. The summed E-state index contributed by atoms with van der Waals surface area (Å²) in [6.07, 6.45) is -0.647. The number of alkyl halides is 3. The number of sulfonamides is 1. The topological polar surface area (TPSA) is 112 Å². The van der Waals surface area contributed by atoms with Gasteiger partial charge in [-0.3, -0.25) is 14.2 Å². The Kier molecular flexibility index (Phi) is 9.34. The van der Waals surface area contributed by atoms with Crippen molar-refractivity contribution in [2.75, 3.05) is 18.4 Å². The molecule has 0 spiro atoms. The summed E-state index contributed by atoms with van der Waals surface area (Å²) in [7, 11) is -3.79. The largest absolute Gasteiger partial charge is 0.416 e. The molecule has 0 atom stereocenters. The Labute approximate surface area is 267 Å². The van der Waals surface area contributed by atoms with E-state index in [1.165, 1.54) is 51.3 Å². The summed E-state index contributed by atoms with van der Waals surface area (Å²) in [5.74, 6) is -0.866. The molecule has 0 aliphatic carbocycles. The molecule has 1 fully saturated rings. The molecule has 13 heteroatoms. The number of hydrogen-bond donors (Lipinski definition) is 1. The van der Waals surface area contributed by atoms with E-state index in [0.717, 1.165) is 53.9 Å². The number of nitriles is 1. The number of thiazole rings is 1. The van der Waals surface area contributed by atoms with E-state index in [2.05, 4.69) is 5.32 Å². The third kappa shape index (κ3) is 6.84. The zero-order chi connectivity index (χ0) is 33.2. The zero-order valence-electron chi connectivity index (χ0n) is 24.9. The molecule has 0 bridgehead atoms. The maximum absolute atomic E-state index is 13.8. The smallest absolute Gasteiger partial charge is 0.321 e. The summed E-state index contributed by atoms with van der Waals surface area (Å²) in [5, 5.41) is 12.8. The fraction of sp³-hybridized carbons (Fsp3) is 0.242. The summed E-state index contributed by atoms with van der Waals surface area (Å²) in [6, 6.07) is 17.1. The quantitative estimate of drug-likeness (QED) is 0.316. The molecular weight excluding hydrogens is 638 g/mol. The lowest BCUT2D eigenvalue weighted by Crippen LogP contribution is -2.35. The Morgan fingerprint density at radius 2 is 1.67 bits per heavy atom. The van der Waals surface area contributed by atoms with E-state index in [4.69, 9.17) is 0 Å². The van der Waals surface area contributed by atoms with E-state index in [9.17, 15) is 36.4 Å². The predicted octanol–water partition coefficient (Wildman–Crippen LogP) is 4.85. The molecule has 238 valence electrons. The summed E-state index contributed by atoms with van der Waals surface area (Å²) < 4.78 is 68.4. The van der Waals surface area contributed by atoms with Crippen molar-refractivity contribution in [2.24, 2.45) is 0 Å². The average Bonchev–Trinajstić information content (AvgIpc) is 3.34. The monoisotopic (exact) mass is 666 g/mol. The van der Waals surface area contributed by atoms with Gasteiger partial charge in [-0.25, -0.2) is 8.42 Å². The summed E-state index contributed by atoms with van der Waals surface area (Å²) >= 11 is 0.843. The Balaban J connectivity index is 1.61. The lowest BCUT2D eigenvalue weighted by atomic mass is 10.1. The molecule has 1 N–H and O–H groups in total. The Bertz CT molecular complexity index is 2140. The van der Waals surface area contributed by atoms with Gasteiger partial charge >= 0.3 is 6.18 Å². The number of rotatable bonds is 6. The minimum atomic E-state index is -4.52. The van der Waals surface area contributed by atoms with E-state index in [1.807, 2.05) is 19.9 Å². The van der Waals surface area contributed by atoms with Crippen LogP contribution in [0.2, 0.25) is 0 Å². The van der Waals surface area contributed by atoms with Crippen LogP contribution in [0.15, 0.2) is 76.4 Å². The molecule has 1 amide bonds. The Morgan fingerprint density at radius 3 is 2.30 bits per heavy atom. The molecule has 1 saturated heterocycles. The van der Waals surface area contributed by atoms with Crippen molar-refractivity contribution >= 4 is 44.6 Å². The number of carbonyl (C=O) groups excluding carboxylic acids is 1. The van der Waals surface area contributed by atoms with Crippen LogP contribution in [0.3, 0.4) is 0 Å². The maximum Gasteiger partial charge on any atom is 0.416 e. The van der Waals surface area contributed by atoms with Crippen molar-refractivity contribution in [1.29, 1.82) is 5.26 Å². The highest BCUT2D eigenvalue weighted by atomic mass is 32.2. The van der Waals surface area contributed by atoms with Crippen LogP contribution in [0.5, 0.6) is 0 Å². The number of halogens is 3. The molecule has 3 aromatic carbocycles. The normalized spacial score (nSPS) is 15.3. The molecule has 0 saturated carbocycles. The van der Waals surface area contributed by atoms with Gasteiger partial charge in [0.1, 0.15) is 10.7 Å². The van der Waals surface area contributed by atoms with Gasteiger partial charge in [0.05, 0.1) is 20.7 Å². The Morgan fingerprint density at radius 1 is 0.978 bits per heavy atom. The van der Waals surface area contributed by atoms with Crippen molar-refractivity contribution in [2.45, 2.75) is 44.2 Å². The highest BCUT2D eigenvalue weighted by Crippen LogP contribution is 2.29. The van der Waals surface area contributed by atoms with Crippen molar-refractivity contribution in [3.63, 3.8) is 0 Å². The van der Waals surface area contributed by atoms with E-state index in [0.29, 0.717) is 24.3 Å². The van der Waals surface area contributed by atoms with E-state index < -0.39 is 38.8 Å². The minimum Gasteiger partial charge on any atom is -0.321 e. The third-order valence-corrected chi connectivity index (χ3v) is 10.7. The third-order valence-electron chi connectivity index (χ3n) is 7.71. The summed E-state index contributed by atoms with van der Waals surface area (Å²) in [5.41, 5.74) is 0.838. The molecule has 8 nitrogen and oxygen atoms in total. The van der Waals surface area contributed by atoms with E-state index >= 15 is 0 Å².